The highest BCUT2D eigenvalue weighted by molar-refractivity contribution is 5.97. The summed E-state index contributed by atoms with van der Waals surface area (Å²) in [6, 6.07) is 1.59. The Hall–Kier alpha value is -2.39. The molecule has 0 aromatic carbocycles. The lowest BCUT2D eigenvalue weighted by atomic mass is 10.1. The van der Waals surface area contributed by atoms with E-state index in [9.17, 15) is 9.59 Å². The number of aliphatic hydroxyl groups excluding tert-OH is 1. The number of methoxy groups -OCH3 is 1. The van der Waals surface area contributed by atoms with Crippen LogP contribution in [0.5, 0.6) is 0 Å². The lowest BCUT2D eigenvalue weighted by Gasteiger charge is -2.16. The number of nitrogens with zero attached hydrogens (tertiary/aromatic N) is 2. The average molecular weight is 288 g/mol. The van der Waals surface area contributed by atoms with Crippen LogP contribution in [-0.2, 0) is 9.53 Å². The van der Waals surface area contributed by atoms with Crippen molar-refractivity contribution in [3.05, 3.63) is 29.6 Å². The molecule has 110 valence electrons. The van der Waals surface area contributed by atoms with Crippen LogP contribution in [0.4, 0.5) is 0 Å². The highest BCUT2D eigenvalue weighted by Gasteiger charge is 2.32. The maximum Gasteiger partial charge on any atom is 0.310 e. The molecule has 6 nitrogen and oxygen atoms in total. The minimum atomic E-state index is -0.291. The summed E-state index contributed by atoms with van der Waals surface area (Å²) < 4.78 is 4.71. The number of ether oxygens (including phenoxy) is 1. The van der Waals surface area contributed by atoms with Gasteiger partial charge in [-0.05, 0) is 12.5 Å². The van der Waals surface area contributed by atoms with Crippen molar-refractivity contribution in [1.82, 2.24) is 9.88 Å². The van der Waals surface area contributed by atoms with Crippen molar-refractivity contribution in [2.45, 2.75) is 6.42 Å². The monoisotopic (exact) mass is 288 g/mol. The zero-order valence-electron chi connectivity index (χ0n) is 11.7. The maximum atomic E-state index is 12.5. The number of hydrogen-bond acceptors (Lipinski definition) is 5. The Labute approximate surface area is 122 Å². The van der Waals surface area contributed by atoms with Crippen molar-refractivity contribution in [3.8, 4) is 11.8 Å². The van der Waals surface area contributed by atoms with Crippen molar-refractivity contribution in [3.63, 3.8) is 0 Å². The second kappa shape index (κ2) is 6.86. The topological polar surface area (TPSA) is 79.7 Å². The molecular formula is C15H16N2O4. The first-order valence-electron chi connectivity index (χ1n) is 6.58. The van der Waals surface area contributed by atoms with Gasteiger partial charge >= 0.3 is 5.97 Å². The predicted octanol–water partition coefficient (Wildman–Crippen LogP) is 0.0605. The van der Waals surface area contributed by atoms with E-state index in [0.717, 1.165) is 0 Å². The summed E-state index contributed by atoms with van der Waals surface area (Å²) in [5.74, 6) is 4.47. The number of esters is 1. The van der Waals surface area contributed by atoms with Crippen LogP contribution in [-0.4, -0.2) is 53.7 Å². The minimum absolute atomic E-state index is 0.189. The molecule has 1 fully saturated rings. The van der Waals surface area contributed by atoms with Gasteiger partial charge in [0, 0.05) is 25.5 Å². The van der Waals surface area contributed by atoms with E-state index in [4.69, 9.17) is 9.84 Å². The number of pyridine rings is 1. The minimum Gasteiger partial charge on any atom is -0.469 e. The zero-order chi connectivity index (χ0) is 15.2. The Balaban J connectivity index is 2.16. The first-order valence-corrected chi connectivity index (χ1v) is 6.58. The molecule has 0 aliphatic carbocycles. The second-order valence-electron chi connectivity index (χ2n) is 4.64. The van der Waals surface area contributed by atoms with E-state index in [2.05, 4.69) is 16.8 Å². The summed E-state index contributed by atoms with van der Waals surface area (Å²) in [6.07, 6.45) is 3.61. The fourth-order valence-electron chi connectivity index (χ4n) is 2.29. The van der Waals surface area contributed by atoms with Crippen molar-refractivity contribution >= 4 is 11.9 Å². The normalized spacial score (nSPS) is 17.0. The Morgan fingerprint density at radius 3 is 3.10 bits per heavy atom. The van der Waals surface area contributed by atoms with Crippen LogP contribution >= 0.6 is 0 Å². The van der Waals surface area contributed by atoms with Crippen molar-refractivity contribution < 1.29 is 19.4 Å². The van der Waals surface area contributed by atoms with Gasteiger partial charge in [-0.15, -0.1) is 0 Å². The van der Waals surface area contributed by atoms with Gasteiger partial charge in [0.1, 0.15) is 6.61 Å². The lowest BCUT2D eigenvalue weighted by molar-refractivity contribution is -0.144. The third-order valence-electron chi connectivity index (χ3n) is 3.36. The van der Waals surface area contributed by atoms with Crippen LogP contribution in [0.2, 0.25) is 0 Å². The summed E-state index contributed by atoms with van der Waals surface area (Å²) in [5, 5.41) is 8.75. The highest BCUT2D eigenvalue weighted by Crippen LogP contribution is 2.20. The molecule has 21 heavy (non-hydrogen) atoms. The molecule has 2 heterocycles. The number of aliphatic hydroxyl groups is 1. The van der Waals surface area contributed by atoms with E-state index in [1.54, 1.807) is 11.0 Å². The van der Waals surface area contributed by atoms with Gasteiger partial charge < -0.3 is 14.7 Å². The van der Waals surface area contributed by atoms with Gasteiger partial charge in [-0.1, -0.05) is 11.8 Å². The molecule has 2 rings (SSSR count). The maximum absolute atomic E-state index is 12.5. The highest BCUT2D eigenvalue weighted by atomic mass is 16.5. The number of carbonyl (C=O) groups is 2. The molecule has 1 atom stereocenters. The van der Waals surface area contributed by atoms with Crippen molar-refractivity contribution in [2.24, 2.45) is 5.92 Å². The van der Waals surface area contributed by atoms with Gasteiger partial charge in [-0.25, -0.2) is 0 Å². The first-order chi connectivity index (χ1) is 10.2. The first kappa shape index (κ1) is 15.0. The zero-order valence-corrected chi connectivity index (χ0v) is 11.7. The second-order valence-corrected chi connectivity index (χ2v) is 4.64. The molecule has 1 aliphatic rings. The molecule has 1 N–H and O–H groups in total. The molecule has 1 aliphatic heterocycles. The number of carbonyl (C=O) groups excluding carboxylic acids is 2. The van der Waals surface area contributed by atoms with E-state index >= 15 is 0 Å². The molecule has 1 amide bonds. The van der Waals surface area contributed by atoms with Crippen molar-refractivity contribution in [2.75, 3.05) is 26.8 Å². The van der Waals surface area contributed by atoms with Crippen LogP contribution < -0.4 is 0 Å². The van der Waals surface area contributed by atoms with Crippen molar-refractivity contribution in [1.29, 1.82) is 0 Å². The summed E-state index contributed by atoms with van der Waals surface area (Å²) in [6.45, 7) is 0.575. The number of likely N-dealkylation sites (tertiary alicyclic amines) is 1. The van der Waals surface area contributed by atoms with Gasteiger partial charge in [0.05, 0.1) is 24.2 Å². The molecular weight excluding hydrogens is 272 g/mol. The Morgan fingerprint density at radius 2 is 2.38 bits per heavy atom. The lowest BCUT2D eigenvalue weighted by Crippen LogP contribution is -2.30. The molecule has 1 unspecified atom stereocenters. The smallest absolute Gasteiger partial charge is 0.310 e. The SMILES string of the molecule is COC(=O)C1CCN(C(=O)c2ccncc2C#CCO)C1. The van der Waals surface area contributed by atoms with Crippen LogP contribution in [0.25, 0.3) is 0 Å². The fraction of sp³-hybridized carbons (Fsp3) is 0.400. The van der Waals surface area contributed by atoms with Gasteiger partial charge in [-0.2, -0.15) is 0 Å². The molecule has 0 spiro atoms. The molecule has 1 aromatic heterocycles. The number of rotatable bonds is 2. The molecule has 0 bridgehead atoms. The van der Waals surface area contributed by atoms with Crippen LogP contribution in [0.1, 0.15) is 22.3 Å². The Morgan fingerprint density at radius 1 is 1.57 bits per heavy atom. The van der Waals surface area contributed by atoms with E-state index in [1.165, 1.54) is 19.5 Å². The fourth-order valence-corrected chi connectivity index (χ4v) is 2.29. The quantitative estimate of drug-likeness (QED) is 0.615. The number of amides is 1. The number of hydrogen-bond donors (Lipinski definition) is 1. The largest absolute Gasteiger partial charge is 0.469 e. The molecule has 6 heteroatoms. The average Bonchev–Trinajstić information content (AvgIpc) is 3.01. The molecule has 1 saturated heterocycles. The summed E-state index contributed by atoms with van der Waals surface area (Å²) in [4.78, 5) is 29.6. The van der Waals surface area contributed by atoms with E-state index < -0.39 is 0 Å². The third-order valence-corrected chi connectivity index (χ3v) is 3.36. The van der Waals surface area contributed by atoms with Crippen LogP contribution in [0, 0.1) is 17.8 Å². The molecule has 0 radical (unpaired) electrons. The van der Waals surface area contributed by atoms with Gasteiger partial charge in [0.25, 0.3) is 5.91 Å². The molecule has 1 aromatic rings. The van der Waals surface area contributed by atoms with Gasteiger partial charge in [-0.3, -0.25) is 14.6 Å². The summed E-state index contributed by atoms with van der Waals surface area (Å²) in [7, 11) is 1.35. The predicted molar refractivity (Wildman–Crippen MR) is 74.2 cm³/mol. The van der Waals surface area contributed by atoms with E-state index in [0.29, 0.717) is 30.6 Å². The van der Waals surface area contributed by atoms with E-state index in [1.807, 2.05) is 0 Å². The van der Waals surface area contributed by atoms with E-state index in [-0.39, 0.29) is 24.4 Å². The van der Waals surface area contributed by atoms with Crippen LogP contribution in [0.15, 0.2) is 18.5 Å². The molecule has 0 saturated carbocycles. The van der Waals surface area contributed by atoms with Crippen LogP contribution in [0.3, 0.4) is 0 Å². The van der Waals surface area contributed by atoms with Gasteiger partial charge in [0.2, 0.25) is 0 Å². The summed E-state index contributed by atoms with van der Waals surface area (Å²) in [5.41, 5.74) is 0.898. The Bertz CT molecular complexity index is 603. The Kier molecular flexibility index (Phi) is 4.90. The number of aromatic nitrogens is 1. The summed E-state index contributed by atoms with van der Waals surface area (Å²) >= 11 is 0. The van der Waals surface area contributed by atoms with Gasteiger partial charge in [0.15, 0.2) is 0 Å². The third kappa shape index (κ3) is 3.38. The standard InChI is InChI=1S/C15H16N2O4/c1-21-15(20)12-5-7-17(10-12)14(19)13-4-6-16-9-11(13)3-2-8-18/h4,6,9,12,18H,5,7-8,10H2,1H3.